The second-order valence-electron chi connectivity index (χ2n) is 6.78. The van der Waals surface area contributed by atoms with Crippen molar-refractivity contribution in [1.29, 1.82) is 0 Å². The fraction of sp³-hybridized carbons (Fsp3) is 0.750. The molecule has 1 aliphatic carbocycles. The Morgan fingerprint density at radius 2 is 1.96 bits per heavy atom. The first kappa shape index (κ1) is 17.1. The molecule has 0 radical (unpaired) electrons. The number of aromatic amines is 1. The monoisotopic (exact) mass is 344 g/mol. The number of carbonyl (C=O) groups excluding carboxylic acids is 1. The van der Waals surface area contributed by atoms with Gasteiger partial charge in [0.05, 0.1) is 18.2 Å². The molecule has 8 heteroatoms. The Kier molecular flexibility index (Phi) is 5.01. The number of amides is 2. The SMILES string of the molecule is O=C(NC1CCC(C(F)(F)F)CC1)N1CCCCC1c1cn[nH]c1. The summed E-state index contributed by atoms with van der Waals surface area (Å²) in [6.45, 7) is 0.666. The first-order valence-electron chi connectivity index (χ1n) is 8.57. The van der Waals surface area contributed by atoms with Crippen molar-refractivity contribution in [3.8, 4) is 0 Å². The van der Waals surface area contributed by atoms with Crippen molar-refractivity contribution in [2.24, 2.45) is 5.92 Å². The molecule has 0 spiro atoms. The van der Waals surface area contributed by atoms with Gasteiger partial charge in [-0.15, -0.1) is 0 Å². The lowest BCUT2D eigenvalue weighted by atomic mass is 9.85. The number of likely N-dealkylation sites (tertiary alicyclic amines) is 1. The summed E-state index contributed by atoms with van der Waals surface area (Å²) >= 11 is 0. The molecule has 1 unspecified atom stereocenters. The zero-order valence-electron chi connectivity index (χ0n) is 13.5. The quantitative estimate of drug-likeness (QED) is 0.858. The number of nitrogens with zero attached hydrogens (tertiary/aromatic N) is 2. The van der Waals surface area contributed by atoms with E-state index in [0.717, 1.165) is 24.8 Å². The summed E-state index contributed by atoms with van der Waals surface area (Å²) in [6.07, 6.45) is 3.26. The van der Waals surface area contributed by atoms with Crippen LogP contribution in [0.25, 0.3) is 0 Å². The minimum Gasteiger partial charge on any atom is -0.335 e. The summed E-state index contributed by atoms with van der Waals surface area (Å²) < 4.78 is 38.2. The number of nitrogens with one attached hydrogen (secondary N) is 2. The molecule has 0 bridgehead atoms. The molecular weight excluding hydrogens is 321 g/mol. The molecule has 5 nitrogen and oxygen atoms in total. The van der Waals surface area contributed by atoms with E-state index >= 15 is 0 Å². The number of piperidine rings is 1. The summed E-state index contributed by atoms with van der Waals surface area (Å²) in [7, 11) is 0. The zero-order valence-corrected chi connectivity index (χ0v) is 13.5. The van der Waals surface area contributed by atoms with Crippen LogP contribution in [0, 0.1) is 5.92 Å². The maximum Gasteiger partial charge on any atom is 0.391 e. The van der Waals surface area contributed by atoms with Gasteiger partial charge in [0.1, 0.15) is 0 Å². The first-order valence-corrected chi connectivity index (χ1v) is 8.57. The molecule has 1 aliphatic heterocycles. The van der Waals surface area contributed by atoms with Crippen LogP contribution in [0.1, 0.15) is 56.6 Å². The van der Waals surface area contributed by atoms with Gasteiger partial charge in [-0.05, 0) is 44.9 Å². The van der Waals surface area contributed by atoms with Crippen LogP contribution in [0.3, 0.4) is 0 Å². The number of carbonyl (C=O) groups is 1. The maximum atomic E-state index is 12.7. The number of hydrogen-bond acceptors (Lipinski definition) is 2. The van der Waals surface area contributed by atoms with Crippen molar-refractivity contribution in [1.82, 2.24) is 20.4 Å². The van der Waals surface area contributed by atoms with Gasteiger partial charge in [0.25, 0.3) is 0 Å². The van der Waals surface area contributed by atoms with Crippen molar-refractivity contribution in [2.75, 3.05) is 6.54 Å². The summed E-state index contributed by atoms with van der Waals surface area (Å²) in [5, 5.41) is 9.66. The fourth-order valence-corrected chi connectivity index (χ4v) is 3.79. The molecule has 2 fully saturated rings. The number of urea groups is 1. The Hall–Kier alpha value is -1.73. The number of halogens is 3. The minimum atomic E-state index is -4.12. The van der Waals surface area contributed by atoms with Crippen molar-refractivity contribution in [2.45, 2.75) is 63.2 Å². The Labute approximate surface area is 139 Å². The molecule has 2 aliphatic rings. The highest BCUT2D eigenvalue weighted by atomic mass is 19.4. The maximum absolute atomic E-state index is 12.7. The van der Waals surface area contributed by atoms with E-state index in [1.54, 1.807) is 17.3 Å². The fourth-order valence-electron chi connectivity index (χ4n) is 3.79. The highest BCUT2D eigenvalue weighted by molar-refractivity contribution is 5.75. The largest absolute Gasteiger partial charge is 0.391 e. The lowest BCUT2D eigenvalue weighted by molar-refractivity contribution is -0.182. The van der Waals surface area contributed by atoms with E-state index < -0.39 is 12.1 Å². The molecule has 1 aromatic rings. The standard InChI is InChI=1S/C16H23F3N4O/c17-16(18,19)12-4-6-13(7-5-12)22-15(24)23-8-2-1-3-14(23)11-9-20-21-10-11/h9-10,12-14H,1-8H2,(H,20,21)(H,22,24). The molecule has 134 valence electrons. The van der Waals surface area contributed by atoms with Crippen LogP contribution in [-0.4, -0.2) is 39.9 Å². The normalized spacial score (nSPS) is 28.6. The Morgan fingerprint density at radius 3 is 2.58 bits per heavy atom. The van der Waals surface area contributed by atoms with E-state index in [4.69, 9.17) is 0 Å². The molecule has 0 aromatic carbocycles. The molecule has 1 aromatic heterocycles. The third-order valence-corrected chi connectivity index (χ3v) is 5.19. The van der Waals surface area contributed by atoms with Crippen LogP contribution in [-0.2, 0) is 0 Å². The molecule has 2 heterocycles. The molecule has 1 saturated carbocycles. The number of H-pyrrole nitrogens is 1. The van der Waals surface area contributed by atoms with Gasteiger partial charge in [-0.25, -0.2) is 4.79 Å². The van der Waals surface area contributed by atoms with Crippen LogP contribution in [0.15, 0.2) is 12.4 Å². The summed E-state index contributed by atoms with van der Waals surface area (Å²) in [4.78, 5) is 14.4. The Bertz CT molecular complexity index is 538. The van der Waals surface area contributed by atoms with E-state index in [1.165, 1.54) is 0 Å². The number of aromatic nitrogens is 2. The average molecular weight is 344 g/mol. The molecule has 3 rings (SSSR count). The minimum absolute atomic E-state index is 0.0102. The summed E-state index contributed by atoms with van der Waals surface area (Å²) in [5.41, 5.74) is 0.977. The van der Waals surface area contributed by atoms with Crippen molar-refractivity contribution < 1.29 is 18.0 Å². The van der Waals surface area contributed by atoms with Gasteiger partial charge in [0, 0.05) is 24.3 Å². The highest BCUT2D eigenvalue weighted by Crippen LogP contribution is 2.37. The van der Waals surface area contributed by atoms with Gasteiger partial charge in [-0.1, -0.05) is 0 Å². The first-order chi connectivity index (χ1) is 11.4. The average Bonchev–Trinajstić information content (AvgIpc) is 3.09. The van der Waals surface area contributed by atoms with E-state index in [2.05, 4.69) is 15.5 Å². The Morgan fingerprint density at radius 1 is 1.21 bits per heavy atom. The van der Waals surface area contributed by atoms with Gasteiger partial charge < -0.3 is 10.2 Å². The van der Waals surface area contributed by atoms with Crippen LogP contribution in [0.5, 0.6) is 0 Å². The van der Waals surface area contributed by atoms with Crippen molar-refractivity contribution >= 4 is 6.03 Å². The zero-order chi connectivity index (χ0) is 17.2. The molecular formula is C16H23F3N4O. The second kappa shape index (κ2) is 7.03. The third kappa shape index (κ3) is 3.84. The van der Waals surface area contributed by atoms with E-state index in [0.29, 0.717) is 19.4 Å². The lowest BCUT2D eigenvalue weighted by Crippen LogP contribution is -2.49. The third-order valence-electron chi connectivity index (χ3n) is 5.19. The lowest BCUT2D eigenvalue weighted by Gasteiger charge is -2.37. The van der Waals surface area contributed by atoms with Crippen LogP contribution < -0.4 is 5.32 Å². The molecule has 24 heavy (non-hydrogen) atoms. The topological polar surface area (TPSA) is 61.0 Å². The summed E-state index contributed by atoms with van der Waals surface area (Å²) in [6, 6.07) is -0.344. The van der Waals surface area contributed by atoms with Gasteiger partial charge >= 0.3 is 12.2 Å². The smallest absolute Gasteiger partial charge is 0.335 e. The van der Waals surface area contributed by atoms with Gasteiger partial charge in [-0.3, -0.25) is 5.10 Å². The van der Waals surface area contributed by atoms with Gasteiger partial charge in [0.15, 0.2) is 0 Å². The van der Waals surface area contributed by atoms with Crippen molar-refractivity contribution in [3.63, 3.8) is 0 Å². The number of rotatable bonds is 2. The summed E-state index contributed by atoms with van der Waals surface area (Å²) in [5.74, 6) is -1.22. The molecule has 1 atom stereocenters. The van der Waals surface area contributed by atoms with Crippen LogP contribution in [0.2, 0.25) is 0 Å². The molecule has 1 saturated heterocycles. The predicted octanol–water partition coefficient (Wildman–Crippen LogP) is 3.77. The number of hydrogen-bond donors (Lipinski definition) is 2. The number of alkyl halides is 3. The van der Waals surface area contributed by atoms with Gasteiger partial charge in [0.2, 0.25) is 0 Å². The van der Waals surface area contributed by atoms with E-state index in [-0.39, 0.29) is 31.0 Å². The van der Waals surface area contributed by atoms with Crippen molar-refractivity contribution in [3.05, 3.63) is 18.0 Å². The van der Waals surface area contributed by atoms with Gasteiger partial charge in [-0.2, -0.15) is 18.3 Å². The highest BCUT2D eigenvalue weighted by Gasteiger charge is 2.42. The second-order valence-corrected chi connectivity index (χ2v) is 6.78. The van der Waals surface area contributed by atoms with E-state index in [1.807, 2.05) is 0 Å². The van der Waals surface area contributed by atoms with E-state index in [9.17, 15) is 18.0 Å². The molecule has 2 amide bonds. The van der Waals surface area contributed by atoms with Crippen LogP contribution >= 0.6 is 0 Å². The predicted molar refractivity (Wildman–Crippen MR) is 82.2 cm³/mol. The Balaban J connectivity index is 1.56. The molecule has 2 N–H and O–H groups in total. The van der Waals surface area contributed by atoms with Crippen LogP contribution in [0.4, 0.5) is 18.0 Å².